The lowest BCUT2D eigenvalue weighted by atomic mass is 9.68. The highest BCUT2D eigenvalue weighted by Crippen LogP contribution is 2.49. The molecule has 2 aromatic carbocycles. The molecule has 7 rings (SSSR count). The number of nitrogens with zero attached hydrogens (tertiary/aromatic N) is 3. The van der Waals surface area contributed by atoms with E-state index in [2.05, 4.69) is 73.0 Å². The van der Waals surface area contributed by atoms with E-state index < -0.39 is 18.2 Å². The molecule has 0 amide bonds. The smallest absolute Gasteiger partial charge is 0.337 e. The minimum atomic E-state index is -3.58. The molecule has 9 nitrogen and oxygen atoms in total. The topological polar surface area (TPSA) is 108 Å². The van der Waals surface area contributed by atoms with E-state index in [9.17, 15) is 13.2 Å². The van der Waals surface area contributed by atoms with Gasteiger partial charge in [0.15, 0.2) is 8.32 Å². The average molecular weight is 807 g/mol. The van der Waals surface area contributed by atoms with Crippen molar-refractivity contribution in [2.24, 2.45) is 23.7 Å². The molecule has 4 aliphatic rings. The van der Waals surface area contributed by atoms with Crippen LogP contribution in [0.15, 0.2) is 72.2 Å². The van der Waals surface area contributed by atoms with Crippen molar-refractivity contribution in [3.63, 3.8) is 0 Å². The lowest BCUT2D eigenvalue weighted by molar-refractivity contribution is 0.0519. The minimum Gasteiger partial charge on any atom is -0.490 e. The van der Waals surface area contributed by atoms with Gasteiger partial charge in [-0.25, -0.2) is 23.2 Å². The fraction of sp³-hybridized carbons (Fsp3) is 0.558. The summed E-state index contributed by atoms with van der Waals surface area (Å²) < 4.78 is 45.5. The molecule has 55 heavy (non-hydrogen) atoms. The zero-order valence-corrected chi connectivity index (χ0v) is 35.7. The van der Waals surface area contributed by atoms with Gasteiger partial charge in [-0.15, -0.1) is 0 Å². The molecule has 0 saturated heterocycles. The number of halogens is 1. The number of hydrogen-bond donors (Lipinski definition) is 0. The molecule has 296 valence electrons. The van der Waals surface area contributed by atoms with E-state index in [4.69, 9.17) is 25.5 Å². The Hall–Kier alpha value is -3.25. The van der Waals surface area contributed by atoms with Crippen molar-refractivity contribution in [1.29, 1.82) is 0 Å². The Kier molecular flexibility index (Phi) is 11.3. The number of aryl methyl sites for hydroxylation is 1. The van der Waals surface area contributed by atoms with Gasteiger partial charge in [-0.1, -0.05) is 50.6 Å². The number of ether oxygens (including phenoxy) is 2. The summed E-state index contributed by atoms with van der Waals surface area (Å²) in [7, 11) is -4.35. The zero-order valence-electron chi connectivity index (χ0n) is 33.1. The number of carbonyl (C=O) groups is 1. The first-order valence-electron chi connectivity index (χ1n) is 19.8. The molecule has 0 N–H and O–H groups in total. The van der Waals surface area contributed by atoms with Gasteiger partial charge in [0, 0.05) is 35.9 Å². The fourth-order valence-electron chi connectivity index (χ4n) is 8.79. The second kappa shape index (κ2) is 15.6. The van der Waals surface area contributed by atoms with Crippen LogP contribution in [-0.4, -0.2) is 71.3 Å². The van der Waals surface area contributed by atoms with Gasteiger partial charge >= 0.3 is 5.97 Å². The monoisotopic (exact) mass is 805 g/mol. The van der Waals surface area contributed by atoms with Crippen LogP contribution in [0.4, 0.5) is 5.69 Å². The standard InChI is InChI=1S/C43H56ClN3O6SSi/c1-42(2,3)55(5,6)53-38(18-13-29-10-11-33(29)26-54(49,50)41-45-21-8-22-46-41)35-16-12-32(35)25-47-27-43(20-7-9-30-23-34(44)15-17-36(30)43)28-52-39-19-14-31(24-37(39)47)40(48)51-4/h8,13-15,17-19,21-24,29,32-33,35,38H,7,9-12,16,20,25-28H2,1-6H3/b18-13+/t29-,32-,33-,35+,38?,43-/m0/s1. The molecule has 2 heterocycles. The molecule has 0 bridgehead atoms. The van der Waals surface area contributed by atoms with Gasteiger partial charge in [0.1, 0.15) is 5.75 Å². The minimum absolute atomic E-state index is 0.0239. The van der Waals surface area contributed by atoms with Crippen molar-refractivity contribution in [3.05, 3.63) is 88.7 Å². The van der Waals surface area contributed by atoms with Crippen LogP contribution >= 0.6 is 11.6 Å². The summed E-state index contributed by atoms with van der Waals surface area (Å²) in [4.78, 5) is 23.3. The van der Waals surface area contributed by atoms with Gasteiger partial charge in [-0.05, 0) is 134 Å². The number of sulfone groups is 1. The van der Waals surface area contributed by atoms with E-state index in [-0.39, 0.29) is 51.2 Å². The second-order valence-electron chi connectivity index (χ2n) is 17.8. The summed E-state index contributed by atoms with van der Waals surface area (Å²) in [5, 5.41) is 0.685. The predicted octanol–water partition coefficient (Wildman–Crippen LogP) is 8.86. The Bertz CT molecular complexity index is 2020. The van der Waals surface area contributed by atoms with Crippen LogP contribution in [0.2, 0.25) is 23.2 Å². The summed E-state index contributed by atoms with van der Waals surface area (Å²) in [5.74, 6) is 1.27. The van der Waals surface area contributed by atoms with Gasteiger partial charge in [-0.2, -0.15) is 0 Å². The van der Waals surface area contributed by atoms with E-state index in [0.717, 1.165) is 74.5 Å². The Labute approximate surface area is 333 Å². The van der Waals surface area contributed by atoms with Crippen LogP contribution in [0, 0.1) is 23.7 Å². The molecule has 1 aliphatic heterocycles. The summed E-state index contributed by atoms with van der Waals surface area (Å²) in [6, 6.07) is 13.6. The Morgan fingerprint density at radius 3 is 2.53 bits per heavy atom. The number of aromatic nitrogens is 2. The maximum absolute atomic E-state index is 13.2. The van der Waals surface area contributed by atoms with E-state index in [1.165, 1.54) is 30.6 Å². The molecule has 1 aromatic heterocycles. The number of benzene rings is 2. The Balaban J connectivity index is 1.17. The number of allylic oxidation sites excluding steroid dienone is 1. The quantitative estimate of drug-likeness (QED) is 0.0813. The third-order valence-electron chi connectivity index (χ3n) is 13.3. The van der Waals surface area contributed by atoms with Gasteiger partial charge in [0.2, 0.25) is 15.0 Å². The number of esters is 1. The highest BCUT2D eigenvalue weighted by Gasteiger charge is 2.47. The normalized spacial score (nSPS) is 25.9. The van der Waals surface area contributed by atoms with E-state index in [0.29, 0.717) is 18.1 Å². The van der Waals surface area contributed by atoms with Crippen molar-refractivity contribution in [2.75, 3.05) is 37.5 Å². The molecular weight excluding hydrogens is 750 g/mol. The van der Waals surface area contributed by atoms with E-state index in [1.54, 1.807) is 12.1 Å². The van der Waals surface area contributed by atoms with Gasteiger partial charge in [-0.3, -0.25) is 0 Å². The third-order valence-corrected chi connectivity index (χ3v) is 19.7. The number of anilines is 1. The first kappa shape index (κ1) is 40.0. The van der Waals surface area contributed by atoms with Crippen LogP contribution in [0.5, 0.6) is 5.75 Å². The largest absolute Gasteiger partial charge is 0.490 e. The fourth-order valence-corrected chi connectivity index (χ4v) is 11.8. The first-order chi connectivity index (χ1) is 26.1. The summed E-state index contributed by atoms with van der Waals surface area (Å²) in [5.41, 5.74) is 3.78. The number of rotatable bonds is 11. The summed E-state index contributed by atoms with van der Waals surface area (Å²) in [6.07, 6.45) is 14.4. The lowest BCUT2D eigenvalue weighted by Crippen LogP contribution is -2.52. The van der Waals surface area contributed by atoms with Crippen molar-refractivity contribution >= 4 is 41.4 Å². The number of carbonyl (C=O) groups excluding carboxylic acids is 1. The van der Waals surface area contributed by atoms with Crippen molar-refractivity contribution in [1.82, 2.24) is 9.97 Å². The van der Waals surface area contributed by atoms with Crippen LogP contribution in [0.3, 0.4) is 0 Å². The van der Waals surface area contributed by atoms with Crippen molar-refractivity contribution in [2.45, 2.75) is 101 Å². The Morgan fingerprint density at radius 2 is 1.85 bits per heavy atom. The number of methoxy groups -OCH3 is 1. The summed E-state index contributed by atoms with van der Waals surface area (Å²) in [6.45, 7) is 13.6. The molecule has 2 fully saturated rings. The maximum atomic E-state index is 13.2. The van der Waals surface area contributed by atoms with Gasteiger partial charge in [0.05, 0.1) is 36.8 Å². The molecule has 6 atom stereocenters. The highest BCUT2D eigenvalue weighted by atomic mass is 35.5. The molecule has 3 aliphatic carbocycles. The molecule has 3 aromatic rings. The van der Waals surface area contributed by atoms with Gasteiger partial charge in [0.25, 0.3) is 0 Å². The molecule has 0 radical (unpaired) electrons. The van der Waals surface area contributed by atoms with Crippen LogP contribution in [-0.2, 0) is 30.8 Å². The van der Waals surface area contributed by atoms with Crippen molar-refractivity contribution in [3.8, 4) is 5.75 Å². The average Bonchev–Trinajstić information content (AvgIpc) is 3.28. The SMILES string of the molecule is COC(=O)c1ccc2c(c1)N(C[C@@H]1CC[C@H]1C(/C=C/[C@@H]1CC[C@H]1CS(=O)(=O)c1ncccn1)O[Si](C)(C)C(C)(C)C)C[C@@]1(CCCc3cc(Cl)ccc31)CO2. The van der Waals surface area contributed by atoms with E-state index >= 15 is 0 Å². The van der Waals surface area contributed by atoms with Crippen LogP contribution < -0.4 is 9.64 Å². The highest BCUT2D eigenvalue weighted by molar-refractivity contribution is 7.91. The van der Waals surface area contributed by atoms with Crippen molar-refractivity contribution < 1.29 is 27.1 Å². The lowest BCUT2D eigenvalue weighted by Gasteiger charge is -2.48. The number of hydrogen-bond acceptors (Lipinski definition) is 9. The molecule has 2 saturated carbocycles. The maximum Gasteiger partial charge on any atom is 0.337 e. The Morgan fingerprint density at radius 1 is 1.09 bits per heavy atom. The van der Waals surface area contributed by atoms with Gasteiger partial charge < -0.3 is 18.8 Å². The number of fused-ring (bicyclic) bond motifs is 3. The predicted molar refractivity (Wildman–Crippen MR) is 219 cm³/mol. The summed E-state index contributed by atoms with van der Waals surface area (Å²) >= 11 is 6.50. The second-order valence-corrected chi connectivity index (χ2v) is 24.9. The zero-order chi connectivity index (χ0) is 39.2. The van der Waals surface area contributed by atoms with E-state index in [1.807, 2.05) is 18.2 Å². The van der Waals surface area contributed by atoms with Crippen LogP contribution in [0.1, 0.15) is 80.8 Å². The molecule has 1 unspecified atom stereocenters. The third kappa shape index (κ3) is 8.27. The molecular formula is C43H56ClN3O6SSi. The molecule has 1 spiro atoms. The molecule has 12 heteroatoms. The first-order valence-corrected chi connectivity index (χ1v) is 24.8. The van der Waals surface area contributed by atoms with Crippen LogP contribution in [0.25, 0.3) is 0 Å².